The SMILES string of the molecule is COc1ccc(Oc2ccc3c(c2)N=C(c2ccc(OC)cc2)CC(SC)=N3)cc1. The monoisotopic (exact) mass is 418 g/mol. The van der Waals surface area contributed by atoms with Gasteiger partial charge in [-0.2, -0.15) is 0 Å². The van der Waals surface area contributed by atoms with Crippen molar-refractivity contribution in [3.63, 3.8) is 0 Å². The number of hydrogen-bond donors (Lipinski definition) is 0. The summed E-state index contributed by atoms with van der Waals surface area (Å²) in [7, 11) is 3.31. The number of rotatable bonds is 5. The number of fused-ring (bicyclic) bond motifs is 1. The molecule has 0 fully saturated rings. The largest absolute Gasteiger partial charge is 0.497 e. The van der Waals surface area contributed by atoms with Crippen molar-refractivity contribution in [1.29, 1.82) is 0 Å². The Kier molecular flexibility index (Phi) is 6.05. The van der Waals surface area contributed by atoms with Gasteiger partial charge in [-0.3, -0.25) is 0 Å². The standard InChI is InChI=1S/C24H22N2O3S/c1-27-17-6-4-16(5-7-17)22-15-24(30-3)26-21-13-12-20(14-23(21)25-22)29-19-10-8-18(28-2)9-11-19/h4-14H,15H2,1-3H3. The first kappa shape index (κ1) is 20.0. The van der Waals surface area contributed by atoms with Crippen molar-refractivity contribution in [2.45, 2.75) is 6.42 Å². The lowest BCUT2D eigenvalue weighted by molar-refractivity contribution is 0.413. The Balaban J connectivity index is 1.68. The molecule has 0 N–H and O–H groups in total. The topological polar surface area (TPSA) is 52.4 Å². The molecular formula is C24H22N2O3S. The summed E-state index contributed by atoms with van der Waals surface area (Å²) in [6.45, 7) is 0. The molecule has 1 heterocycles. The second-order valence-corrected chi connectivity index (χ2v) is 7.48. The summed E-state index contributed by atoms with van der Waals surface area (Å²) in [5.74, 6) is 3.05. The number of thioether (sulfide) groups is 1. The van der Waals surface area contributed by atoms with Crippen molar-refractivity contribution in [3.05, 3.63) is 72.3 Å². The molecule has 0 amide bonds. The van der Waals surface area contributed by atoms with Gasteiger partial charge < -0.3 is 14.2 Å². The Labute approximate surface area is 180 Å². The molecule has 0 saturated carbocycles. The Morgan fingerprint density at radius 1 is 0.700 bits per heavy atom. The predicted octanol–water partition coefficient (Wildman–Crippen LogP) is 6.41. The fraction of sp³-hybridized carbons (Fsp3) is 0.167. The second-order valence-electron chi connectivity index (χ2n) is 6.60. The van der Waals surface area contributed by atoms with E-state index in [1.807, 2.05) is 73.0 Å². The molecule has 6 heteroatoms. The molecule has 0 saturated heterocycles. The predicted molar refractivity (Wildman–Crippen MR) is 124 cm³/mol. The second kappa shape index (κ2) is 9.05. The first-order valence-electron chi connectivity index (χ1n) is 9.48. The maximum Gasteiger partial charge on any atom is 0.129 e. The minimum Gasteiger partial charge on any atom is -0.497 e. The lowest BCUT2D eigenvalue weighted by Gasteiger charge is -2.09. The van der Waals surface area contributed by atoms with E-state index >= 15 is 0 Å². The van der Waals surface area contributed by atoms with Gasteiger partial charge in [0.2, 0.25) is 0 Å². The summed E-state index contributed by atoms with van der Waals surface area (Å²) in [6.07, 6.45) is 2.72. The van der Waals surface area contributed by atoms with Crippen LogP contribution in [0.3, 0.4) is 0 Å². The van der Waals surface area contributed by atoms with Crippen molar-refractivity contribution in [3.8, 4) is 23.0 Å². The quantitative estimate of drug-likeness (QED) is 0.480. The van der Waals surface area contributed by atoms with E-state index in [4.69, 9.17) is 24.2 Å². The summed E-state index contributed by atoms with van der Waals surface area (Å²) < 4.78 is 16.5. The number of benzene rings is 3. The normalized spacial score (nSPS) is 12.9. The van der Waals surface area contributed by atoms with E-state index in [1.165, 1.54) is 0 Å². The molecule has 3 aromatic rings. The molecule has 0 spiro atoms. The van der Waals surface area contributed by atoms with Crippen LogP contribution in [0, 0.1) is 0 Å². The van der Waals surface area contributed by atoms with E-state index in [9.17, 15) is 0 Å². The lowest BCUT2D eigenvalue weighted by atomic mass is 10.1. The van der Waals surface area contributed by atoms with E-state index in [0.29, 0.717) is 12.2 Å². The molecule has 0 unspecified atom stereocenters. The third-order valence-electron chi connectivity index (χ3n) is 4.72. The number of nitrogens with zero attached hydrogens (tertiary/aromatic N) is 2. The van der Waals surface area contributed by atoms with Crippen molar-refractivity contribution < 1.29 is 14.2 Å². The van der Waals surface area contributed by atoms with Crippen LogP contribution in [-0.2, 0) is 0 Å². The number of hydrogen-bond acceptors (Lipinski definition) is 6. The van der Waals surface area contributed by atoms with Crippen LogP contribution in [0.4, 0.5) is 11.4 Å². The molecule has 0 radical (unpaired) electrons. The third kappa shape index (κ3) is 4.49. The molecule has 3 aromatic carbocycles. The van der Waals surface area contributed by atoms with Gasteiger partial charge in [-0.15, -0.1) is 11.8 Å². The minimum atomic E-state index is 0.677. The molecule has 1 aliphatic heterocycles. The highest BCUT2D eigenvalue weighted by molar-refractivity contribution is 8.13. The number of ether oxygens (including phenoxy) is 3. The highest BCUT2D eigenvalue weighted by Crippen LogP contribution is 2.37. The highest BCUT2D eigenvalue weighted by atomic mass is 32.2. The van der Waals surface area contributed by atoms with Gasteiger partial charge in [-0.1, -0.05) is 0 Å². The summed E-state index contributed by atoms with van der Waals surface area (Å²) in [4.78, 5) is 9.75. The summed E-state index contributed by atoms with van der Waals surface area (Å²) in [5.41, 5.74) is 3.64. The first-order valence-corrected chi connectivity index (χ1v) is 10.7. The molecule has 1 aliphatic rings. The Morgan fingerprint density at radius 2 is 1.30 bits per heavy atom. The number of aliphatic imine (C=N–C) groups is 2. The summed E-state index contributed by atoms with van der Waals surface area (Å²) in [6, 6.07) is 21.2. The molecule has 5 nitrogen and oxygen atoms in total. The molecule has 152 valence electrons. The van der Waals surface area contributed by atoms with E-state index < -0.39 is 0 Å². The lowest BCUT2D eigenvalue weighted by Crippen LogP contribution is -2.05. The molecule has 30 heavy (non-hydrogen) atoms. The van der Waals surface area contributed by atoms with Crippen LogP contribution in [-0.4, -0.2) is 31.2 Å². The maximum atomic E-state index is 6.01. The minimum absolute atomic E-state index is 0.677. The van der Waals surface area contributed by atoms with Gasteiger partial charge in [0.05, 0.1) is 36.3 Å². The maximum absolute atomic E-state index is 6.01. The van der Waals surface area contributed by atoms with E-state index in [2.05, 4.69) is 0 Å². The molecule has 0 aliphatic carbocycles. The fourth-order valence-electron chi connectivity index (χ4n) is 3.10. The molecule has 4 rings (SSSR count). The average molecular weight is 419 g/mol. The van der Waals surface area contributed by atoms with Gasteiger partial charge in [0.25, 0.3) is 0 Å². The van der Waals surface area contributed by atoms with Gasteiger partial charge in [-0.05, 0) is 72.5 Å². The molecular weight excluding hydrogens is 396 g/mol. The Bertz CT molecular complexity index is 1090. The van der Waals surface area contributed by atoms with Crippen molar-refractivity contribution in [2.75, 3.05) is 20.5 Å². The van der Waals surface area contributed by atoms with Gasteiger partial charge in [0.1, 0.15) is 23.0 Å². The molecule has 0 bridgehead atoms. The highest BCUT2D eigenvalue weighted by Gasteiger charge is 2.16. The summed E-state index contributed by atoms with van der Waals surface area (Å²) in [5, 5.41) is 1.02. The Hall–Kier alpha value is -3.25. The molecule has 0 atom stereocenters. The fourth-order valence-corrected chi connectivity index (χ4v) is 3.57. The van der Waals surface area contributed by atoms with Crippen molar-refractivity contribution >= 4 is 33.9 Å². The van der Waals surface area contributed by atoms with Crippen LogP contribution in [0.25, 0.3) is 0 Å². The van der Waals surface area contributed by atoms with Gasteiger partial charge in [-0.25, -0.2) is 9.98 Å². The average Bonchev–Trinajstić information content (AvgIpc) is 2.98. The third-order valence-corrected chi connectivity index (χ3v) is 5.43. The van der Waals surface area contributed by atoms with Crippen LogP contribution in [0.2, 0.25) is 0 Å². The van der Waals surface area contributed by atoms with E-state index in [-0.39, 0.29) is 0 Å². The zero-order chi connectivity index (χ0) is 20.9. The molecule has 0 aromatic heterocycles. The van der Waals surface area contributed by atoms with Crippen LogP contribution < -0.4 is 14.2 Å². The van der Waals surface area contributed by atoms with Gasteiger partial charge >= 0.3 is 0 Å². The van der Waals surface area contributed by atoms with Crippen molar-refractivity contribution in [2.24, 2.45) is 9.98 Å². The van der Waals surface area contributed by atoms with E-state index in [1.54, 1.807) is 26.0 Å². The zero-order valence-electron chi connectivity index (χ0n) is 17.1. The smallest absolute Gasteiger partial charge is 0.129 e. The van der Waals surface area contributed by atoms with Crippen LogP contribution in [0.15, 0.2) is 76.7 Å². The van der Waals surface area contributed by atoms with Crippen LogP contribution >= 0.6 is 11.8 Å². The first-order chi connectivity index (χ1) is 14.7. The van der Waals surface area contributed by atoms with Gasteiger partial charge in [0.15, 0.2) is 0 Å². The van der Waals surface area contributed by atoms with Crippen LogP contribution in [0.5, 0.6) is 23.0 Å². The van der Waals surface area contributed by atoms with E-state index in [0.717, 1.165) is 44.9 Å². The number of methoxy groups -OCH3 is 2. The zero-order valence-corrected chi connectivity index (χ0v) is 17.9. The van der Waals surface area contributed by atoms with Gasteiger partial charge in [0, 0.05) is 12.5 Å². The van der Waals surface area contributed by atoms with Crippen molar-refractivity contribution in [1.82, 2.24) is 0 Å². The van der Waals surface area contributed by atoms with Crippen LogP contribution in [0.1, 0.15) is 12.0 Å². The summed E-state index contributed by atoms with van der Waals surface area (Å²) >= 11 is 1.64. The Morgan fingerprint density at radius 3 is 1.93 bits per heavy atom.